The predicted octanol–water partition coefficient (Wildman–Crippen LogP) is 1.74. The van der Waals surface area contributed by atoms with Crippen molar-refractivity contribution in [2.24, 2.45) is 0 Å². The van der Waals surface area contributed by atoms with Gasteiger partial charge >= 0.3 is 0 Å². The van der Waals surface area contributed by atoms with E-state index in [2.05, 4.69) is 38.7 Å². The summed E-state index contributed by atoms with van der Waals surface area (Å²) >= 11 is 8.21. The lowest BCUT2D eigenvalue weighted by molar-refractivity contribution is 0.0943. The maximum absolute atomic E-state index is 11.7. The molecule has 0 aliphatic heterocycles. The van der Waals surface area contributed by atoms with Crippen molar-refractivity contribution in [1.82, 2.24) is 16.2 Å². The Labute approximate surface area is 114 Å². The molecule has 0 atom stereocenters. The average molecular weight is 314 g/mol. The molecule has 0 unspecified atom stereocenters. The molecule has 0 aliphatic rings. The van der Waals surface area contributed by atoms with Crippen LogP contribution in [0.2, 0.25) is 0 Å². The smallest absolute Gasteiger partial charge is 0.269 e. The minimum atomic E-state index is -0.256. The fourth-order valence-corrected chi connectivity index (χ4v) is 1.56. The van der Waals surface area contributed by atoms with E-state index in [1.54, 1.807) is 24.3 Å². The van der Waals surface area contributed by atoms with Gasteiger partial charge in [0.1, 0.15) is 0 Å². The summed E-state index contributed by atoms with van der Waals surface area (Å²) in [5.41, 5.74) is 5.62. The summed E-state index contributed by atoms with van der Waals surface area (Å²) in [5, 5.41) is 3.17. The van der Waals surface area contributed by atoms with Gasteiger partial charge in [0.2, 0.25) is 0 Å². The Kier molecular flexibility index (Phi) is 5.65. The molecule has 1 aromatic rings. The van der Waals surface area contributed by atoms with Gasteiger partial charge in [-0.1, -0.05) is 28.1 Å². The fourth-order valence-electron chi connectivity index (χ4n) is 1.02. The van der Waals surface area contributed by atoms with Crippen LogP contribution in [0.5, 0.6) is 0 Å². The Bertz CT molecular complexity index is 436. The maximum atomic E-state index is 11.7. The number of rotatable bonds is 3. The van der Waals surface area contributed by atoms with Crippen LogP contribution in [0.4, 0.5) is 0 Å². The molecule has 0 fully saturated rings. The number of benzene rings is 1. The molecule has 0 saturated carbocycles. The van der Waals surface area contributed by atoms with Crippen molar-refractivity contribution in [3.63, 3.8) is 0 Å². The van der Waals surface area contributed by atoms with Crippen molar-refractivity contribution >= 4 is 39.2 Å². The van der Waals surface area contributed by atoms with Crippen LogP contribution < -0.4 is 16.2 Å². The van der Waals surface area contributed by atoms with Crippen LogP contribution in [0.15, 0.2) is 41.4 Å². The number of nitrogens with one attached hydrogen (secondary N) is 3. The third-order valence-electron chi connectivity index (χ3n) is 1.78. The second-order valence-corrected chi connectivity index (χ2v) is 4.41. The first-order chi connectivity index (χ1) is 8.13. The first kappa shape index (κ1) is 13.7. The number of hydrogen-bond donors (Lipinski definition) is 3. The lowest BCUT2D eigenvalue weighted by Gasteiger charge is -2.10. The zero-order valence-electron chi connectivity index (χ0n) is 9.00. The van der Waals surface area contributed by atoms with Crippen molar-refractivity contribution < 1.29 is 4.79 Å². The molecule has 3 N–H and O–H groups in total. The van der Waals surface area contributed by atoms with Gasteiger partial charge in [-0.05, 0) is 30.4 Å². The molecule has 4 nitrogen and oxygen atoms in total. The average Bonchev–Trinajstić information content (AvgIpc) is 2.33. The highest BCUT2D eigenvalue weighted by molar-refractivity contribution is 9.10. The number of amides is 1. The van der Waals surface area contributed by atoms with E-state index in [9.17, 15) is 4.79 Å². The Hall–Kier alpha value is -1.40. The van der Waals surface area contributed by atoms with Gasteiger partial charge in [-0.25, -0.2) is 0 Å². The highest BCUT2D eigenvalue weighted by Crippen LogP contribution is 2.11. The molecule has 0 aromatic heterocycles. The van der Waals surface area contributed by atoms with E-state index in [1.807, 2.05) is 6.07 Å². The lowest BCUT2D eigenvalue weighted by atomic mass is 10.2. The highest BCUT2D eigenvalue weighted by Gasteiger charge is 2.05. The Morgan fingerprint density at radius 3 is 2.88 bits per heavy atom. The quantitative estimate of drug-likeness (QED) is 0.452. The number of carbonyl (C=O) groups excluding carboxylic acids is 1. The molecule has 0 saturated heterocycles. The predicted molar refractivity (Wildman–Crippen MR) is 75.5 cm³/mol. The minimum absolute atomic E-state index is 0.256. The zero-order valence-corrected chi connectivity index (χ0v) is 11.4. The minimum Gasteiger partial charge on any atom is -0.358 e. The Morgan fingerprint density at radius 2 is 2.24 bits per heavy atom. The summed E-state index contributed by atoms with van der Waals surface area (Å²) < 4.78 is 0.845. The van der Waals surface area contributed by atoms with Crippen LogP contribution >= 0.6 is 28.1 Å². The van der Waals surface area contributed by atoms with Crippen LogP contribution in [-0.4, -0.2) is 17.6 Å². The third-order valence-corrected chi connectivity index (χ3v) is 2.52. The van der Waals surface area contributed by atoms with Crippen LogP contribution in [-0.2, 0) is 0 Å². The first-order valence-electron chi connectivity index (χ1n) is 4.84. The van der Waals surface area contributed by atoms with E-state index >= 15 is 0 Å². The largest absolute Gasteiger partial charge is 0.358 e. The molecule has 1 aromatic carbocycles. The summed E-state index contributed by atoms with van der Waals surface area (Å²) in [5.74, 6) is -0.256. The van der Waals surface area contributed by atoms with Gasteiger partial charge in [-0.2, -0.15) is 0 Å². The molecule has 0 bridgehead atoms. The van der Waals surface area contributed by atoms with Gasteiger partial charge in [-0.3, -0.25) is 15.6 Å². The van der Waals surface area contributed by atoms with Gasteiger partial charge in [0.05, 0.1) is 0 Å². The second kappa shape index (κ2) is 7.03. The highest BCUT2D eigenvalue weighted by atomic mass is 79.9. The summed E-state index contributed by atoms with van der Waals surface area (Å²) in [6, 6.07) is 7.06. The topological polar surface area (TPSA) is 53.2 Å². The monoisotopic (exact) mass is 313 g/mol. The Morgan fingerprint density at radius 1 is 1.47 bits per heavy atom. The molecular formula is C11H12BrN3OS. The zero-order chi connectivity index (χ0) is 12.7. The molecule has 0 aliphatic carbocycles. The van der Waals surface area contributed by atoms with Crippen LogP contribution in [0, 0.1) is 0 Å². The van der Waals surface area contributed by atoms with Crippen LogP contribution in [0.25, 0.3) is 0 Å². The summed E-state index contributed by atoms with van der Waals surface area (Å²) in [4.78, 5) is 11.7. The molecule has 0 spiro atoms. The van der Waals surface area contributed by atoms with Gasteiger partial charge in [-0.15, -0.1) is 6.58 Å². The van der Waals surface area contributed by atoms with Crippen molar-refractivity contribution in [3.8, 4) is 0 Å². The van der Waals surface area contributed by atoms with E-state index in [1.165, 1.54) is 0 Å². The SMILES string of the molecule is C=CCNC(=S)NNC(=O)c1cccc(Br)c1. The maximum Gasteiger partial charge on any atom is 0.269 e. The van der Waals surface area contributed by atoms with Crippen molar-refractivity contribution in [3.05, 3.63) is 47.0 Å². The van der Waals surface area contributed by atoms with Crippen molar-refractivity contribution in [1.29, 1.82) is 0 Å². The number of thiocarbonyl (C=S) groups is 1. The van der Waals surface area contributed by atoms with E-state index in [4.69, 9.17) is 12.2 Å². The molecule has 1 rings (SSSR count). The standard InChI is InChI=1S/C11H12BrN3OS/c1-2-6-13-11(17)15-14-10(16)8-4-3-5-9(12)7-8/h2-5,7H,1,6H2,(H,14,16)(H2,13,15,17). The molecule has 90 valence electrons. The van der Waals surface area contributed by atoms with Gasteiger partial charge in [0.15, 0.2) is 5.11 Å². The molecule has 0 radical (unpaired) electrons. The second-order valence-electron chi connectivity index (χ2n) is 3.09. The van der Waals surface area contributed by atoms with E-state index in [0.29, 0.717) is 17.2 Å². The number of hydrogen-bond acceptors (Lipinski definition) is 2. The normalized spacial score (nSPS) is 9.24. The summed E-state index contributed by atoms with van der Waals surface area (Å²) in [6.45, 7) is 4.08. The fraction of sp³-hybridized carbons (Fsp3) is 0.0909. The first-order valence-corrected chi connectivity index (χ1v) is 6.04. The van der Waals surface area contributed by atoms with Gasteiger partial charge < -0.3 is 5.32 Å². The van der Waals surface area contributed by atoms with E-state index in [0.717, 1.165) is 4.47 Å². The molecular weight excluding hydrogens is 302 g/mol. The van der Waals surface area contributed by atoms with E-state index < -0.39 is 0 Å². The molecule has 1 amide bonds. The number of hydrazine groups is 1. The van der Waals surface area contributed by atoms with Gasteiger partial charge in [0.25, 0.3) is 5.91 Å². The third kappa shape index (κ3) is 4.97. The number of carbonyl (C=O) groups is 1. The lowest BCUT2D eigenvalue weighted by Crippen LogP contribution is -2.46. The summed E-state index contributed by atoms with van der Waals surface area (Å²) in [7, 11) is 0. The number of halogens is 1. The molecule has 6 heteroatoms. The van der Waals surface area contributed by atoms with E-state index in [-0.39, 0.29) is 5.91 Å². The molecule has 0 heterocycles. The summed E-state index contributed by atoms with van der Waals surface area (Å²) in [6.07, 6.45) is 1.67. The van der Waals surface area contributed by atoms with Crippen LogP contribution in [0.1, 0.15) is 10.4 Å². The van der Waals surface area contributed by atoms with Gasteiger partial charge in [0, 0.05) is 16.6 Å². The molecule has 17 heavy (non-hydrogen) atoms. The van der Waals surface area contributed by atoms with Crippen molar-refractivity contribution in [2.45, 2.75) is 0 Å². The Balaban J connectivity index is 2.45. The van der Waals surface area contributed by atoms with Crippen LogP contribution in [0.3, 0.4) is 0 Å². The van der Waals surface area contributed by atoms with Crippen molar-refractivity contribution in [2.75, 3.05) is 6.54 Å².